The Morgan fingerprint density at radius 1 is 1.05 bits per heavy atom. The molecule has 96 valence electrons. The van der Waals surface area contributed by atoms with Gasteiger partial charge in [-0.05, 0) is 24.3 Å². The van der Waals surface area contributed by atoms with Crippen molar-refractivity contribution in [3.63, 3.8) is 0 Å². The molecule has 0 aliphatic heterocycles. The summed E-state index contributed by atoms with van der Waals surface area (Å²) in [6.07, 6.45) is 3.27. The van der Waals surface area contributed by atoms with Gasteiger partial charge in [0.05, 0.1) is 21.2 Å². The lowest BCUT2D eigenvalue weighted by Gasteiger charge is -2.13. The smallest absolute Gasteiger partial charge is 0.186 e. The van der Waals surface area contributed by atoms with Crippen molar-refractivity contribution in [1.29, 1.82) is 10.5 Å². The van der Waals surface area contributed by atoms with Gasteiger partial charge in [-0.15, -0.1) is 0 Å². The molecule has 0 saturated carbocycles. The zero-order valence-electron chi connectivity index (χ0n) is 9.78. The fourth-order valence-electron chi connectivity index (χ4n) is 1.79. The third-order valence-electron chi connectivity index (χ3n) is 2.67. The molecule has 0 bridgehead atoms. The summed E-state index contributed by atoms with van der Waals surface area (Å²) in [6.45, 7) is 0. The predicted octanol–water partition coefficient (Wildman–Crippen LogP) is 2.83. The van der Waals surface area contributed by atoms with Gasteiger partial charge >= 0.3 is 0 Å². The van der Waals surface area contributed by atoms with Crippen molar-refractivity contribution in [2.24, 2.45) is 0 Å². The van der Waals surface area contributed by atoms with Gasteiger partial charge in [0.15, 0.2) is 11.6 Å². The van der Waals surface area contributed by atoms with E-state index >= 15 is 0 Å². The highest BCUT2D eigenvalue weighted by Gasteiger charge is 2.24. The fourth-order valence-corrected chi connectivity index (χ4v) is 2.24. The van der Waals surface area contributed by atoms with Crippen molar-refractivity contribution in [3.8, 4) is 12.1 Å². The Morgan fingerprint density at radius 3 is 2.35 bits per heavy atom. The largest absolute Gasteiger partial charge is 0.290 e. The Morgan fingerprint density at radius 2 is 1.75 bits per heavy atom. The van der Waals surface area contributed by atoms with Crippen molar-refractivity contribution in [2.75, 3.05) is 0 Å². The molecule has 0 aromatic heterocycles. The summed E-state index contributed by atoms with van der Waals surface area (Å²) < 4.78 is 0. The highest BCUT2D eigenvalue weighted by molar-refractivity contribution is 6.45. The minimum absolute atomic E-state index is 0.00685. The van der Waals surface area contributed by atoms with Gasteiger partial charge in [0, 0.05) is 11.1 Å². The molecule has 0 atom stereocenters. The van der Waals surface area contributed by atoms with Crippen LogP contribution in [0.2, 0.25) is 10.0 Å². The second kappa shape index (κ2) is 5.30. The SMILES string of the molecule is N#Cc1cc(Cl)c(Cl)c(C2=CC(=O)C=CC2=O)c1C#N. The van der Waals surface area contributed by atoms with Gasteiger partial charge < -0.3 is 0 Å². The van der Waals surface area contributed by atoms with Crippen LogP contribution in [-0.2, 0) is 9.59 Å². The molecule has 2 rings (SSSR count). The van der Waals surface area contributed by atoms with Crippen LogP contribution in [0.25, 0.3) is 5.57 Å². The van der Waals surface area contributed by atoms with Crippen LogP contribution < -0.4 is 0 Å². The average molecular weight is 303 g/mol. The van der Waals surface area contributed by atoms with Crippen LogP contribution in [0.4, 0.5) is 0 Å². The fraction of sp³-hybridized carbons (Fsp3) is 0. The minimum Gasteiger partial charge on any atom is -0.290 e. The third-order valence-corrected chi connectivity index (χ3v) is 3.46. The summed E-state index contributed by atoms with van der Waals surface area (Å²) in [7, 11) is 0. The Hall–Kier alpha value is -2.40. The number of nitrogens with zero attached hydrogens (tertiary/aromatic N) is 2. The molecule has 20 heavy (non-hydrogen) atoms. The molecule has 0 fully saturated rings. The summed E-state index contributed by atoms with van der Waals surface area (Å²) in [5.74, 6) is -0.882. The molecule has 1 aliphatic carbocycles. The van der Waals surface area contributed by atoms with E-state index < -0.39 is 11.6 Å². The Bertz CT molecular complexity index is 793. The number of carbonyl (C=O) groups is 2. The van der Waals surface area contributed by atoms with Crippen LogP contribution in [0.15, 0.2) is 24.3 Å². The van der Waals surface area contributed by atoms with Crippen LogP contribution in [0.5, 0.6) is 0 Å². The van der Waals surface area contributed by atoms with Gasteiger partial charge in [-0.2, -0.15) is 10.5 Å². The van der Waals surface area contributed by atoms with Crippen molar-refractivity contribution >= 4 is 40.3 Å². The molecule has 0 amide bonds. The predicted molar refractivity (Wildman–Crippen MR) is 73.0 cm³/mol. The number of hydrogen-bond donors (Lipinski definition) is 0. The maximum atomic E-state index is 11.9. The van der Waals surface area contributed by atoms with Crippen LogP contribution in [0, 0.1) is 22.7 Å². The van der Waals surface area contributed by atoms with Crippen molar-refractivity contribution < 1.29 is 9.59 Å². The summed E-state index contributed by atoms with van der Waals surface area (Å²) in [5, 5.41) is 18.2. The molecule has 6 heteroatoms. The van der Waals surface area contributed by atoms with E-state index in [2.05, 4.69) is 0 Å². The molecule has 0 N–H and O–H groups in total. The normalized spacial score (nSPS) is 13.7. The minimum atomic E-state index is -0.478. The third kappa shape index (κ3) is 2.23. The van der Waals surface area contributed by atoms with Crippen LogP contribution in [0.1, 0.15) is 16.7 Å². The van der Waals surface area contributed by atoms with Crippen molar-refractivity contribution in [2.45, 2.75) is 0 Å². The molecule has 1 aromatic rings. The molecule has 0 saturated heterocycles. The van der Waals surface area contributed by atoms with E-state index in [0.29, 0.717) is 0 Å². The van der Waals surface area contributed by atoms with E-state index in [9.17, 15) is 14.9 Å². The van der Waals surface area contributed by atoms with Gasteiger partial charge in [0.1, 0.15) is 12.1 Å². The molecule has 0 heterocycles. The second-order valence-corrected chi connectivity index (χ2v) is 4.64. The molecule has 0 unspecified atom stereocenters. The number of rotatable bonds is 1. The van der Waals surface area contributed by atoms with E-state index in [-0.39, 0.29) is 32.3 Å². The summed E-state index contributed by atoms with van der Waals surface area (Å²) in [6, 6.07) is 4.88. The quantitative estimate of drug-likeness (QED) is 0.747. The molecule has 1 aromatic carbocycles. The Labute approximate surface area is 124 Å². The number of nitriles is 2. The highest BCUT2D eigenvalue weighted by atomic mass is 35.5. The first-order valence-electron chi connectivity index (χ1n) is 5.30. The topological polar surface area (TPSA) is 81.7 Å². The first-order valence-corrected chi connectivity index (χ1v) is 6.05. The zero-order chi connectivity index (χ0) is 14.9. The van der Waals surface area contributed by atoms with Gasteiger partial charge in [0.2, 0.25) is 0 Å². The van der Waals surface area contributed by atoms with E-state index in [4.69, 9.17) is 28.5 Å². The monoisotopic (exact) mass is 302 g/mol. The number of ketones is 2. The number of allylic oxidation sites excluding steroid dienone is 4. The molecule has 0 spiro atoms. The maximum Gasteiger partial charge on any atom is 0.186 e. The van der Waals surface area contributed by atoms with Crippen molar-refractivity contribution in [1.82, 2.24) is 0 Å². The molecular weight excluding hydrogens is 299 g/mol. The number of carbonyl (C=O) groups excluding carboxylic acids is 2. The van der Waals surface area contributed by atoms with Gasteiger partial charge in [0.25, 0.3) is 0 Å². The van der Waals surface area contributed by atoms with Crippen LogP contribution in [0.3, 0.4) is 0 Å². The van der Waals surface area contributed by atoms with Gasteiger partial charge in [-0.25, -0.2) is 0 Å². The number of halogens is 2. The standard InChI is InChI=1S/C14H4Cl2N2O2/c15-11-3-7(5-17)10(6-18)13(14(11)16)9-4-8(19)1-2-12(9)20/h1-4H. The Kier molecular flexibility index (Phi) is 3.72. The number of benzene rings is 1. The first kappa shape index (κ1) is 14.0. The summed E-state index contributed by atoms with van der Waals surface area (Å²) >= 11 is 11.9. The lowest BCUT2D eigenvalue weighted by atomic mass is 9.91. The van der Waals surface area contributed by atoms with E-state index in [1.807, 2.05) is 12.1 Å². The van der Waals surface area contributed by atoms with Gasteiger partial charge in [-0.1, -0.05) is 23.2 Å². The highest BCUT2D eigenvalue weighted by Crippen LogP contribution is 2.36. The van der Waals surface area contributed by atoms with Crippen molar-refractivity contribution in [3.05, 3.63) is 51.0 Å². The molecule has 0 radical (unpaired) electrons. The lowest BCUT2D eigenvalue weighted by Crippen LogP contribution is -2.09. The van der Waals surface area contributed by atoms with Gasteiger partial charge in [-0.3, -0.25) is 9.59 Å². The average Bonchev–Trinajstić information content (AvgIpc) is 2.44. The molecular formula is C14H4Cl2N2O2. The first-order chi connectivity index (χ1) is 9.49. The summed E-state index contributed by atoms with van der Waals surface area (Å²) in [5.41, 5.74) is -0.115. The maximum absolute atomic E-state index is 11.9. The Balaban J connectivity index is 2.85. The van der Waals surface area contributed by atoms with Crippen LogP contribution in [-0.4, -0.2) is 11.6 Å². The molecule has 1 aliphatic rings. The van der Waals surface area contributed by atoms with E-state index in [1.54, 1.807) is 0 Å². The second-order valence-electron chi connectivity index (χ2n) is 3.85. The zero-order valence-corrected chi connectivity index (χ0v) is 11.3. The summed E-state index contributed by atoms with van der Waals surface area (Å²) in [4.78, 5) is 23.3. The van der Waals surface area contributed by atoms with E-state index in [0.717, 1.165) is 18.2 Å². The molecule has 4 nitrogen and oxygen atoms in total. The lowest BCUT2D eigenvalue weighted by molar-refractivity contribution is -0.113. The number of hydrogen-bond acceptors (Lipinski definition) is 4. The van der Waals surface area contributed by atoms with E-state index in [1.165, 1.54) is 6.07 Å². The van der Waals surface area contributed by atoms with Crippen LogP contribution >= 0.6 is 23.2 Å².